The van der Waals surface area contributed by atoms with Crippen LogP contribution in [0.3, 0.4) is 0 Å². The highest BCUT2D eigenvalue weighted by atomic mass is 35.5. The first-order valence-electron chi connectivity index (χ1n) is 10.6. The van der Waals surface area contributed by atoms with Crippen LogP contribution >= 0.6 is 11.6 Å². The summed E-state index contributed by atoms with van der Waals surface area (Å²) in [5.41, 5.74) is 6.10. The molecule has 0 radical (unpaired) electrons. The number of methoxy groups -OCH3 is 1. The third-order valence-electron chi connectivity index (χ3n) is 6.17. The van der Waals surface area contributed by atoms with E-state index >= 15 is 4.39 Å². The van der Waals surface area contributed by atoms with Gasteiger partial charge in [0.05, 0.1) is 36.1 Å². The highest BCUT2D eigenvalue weighted by Crippen LogP contribution is 2.45. The van der Waals surface area contributed by atoms with Crippen molar-refractivity contribution in [3.05, 3.63) is 64.6 Å². The molecule has 34 heavy (non-hydrogen) atoms. The fourth-order valence-electron chi connectivity index (χ4n) is 4.64. The zero-order chi connectivity index (χ0) is 24.0. The van der Waals surface area contributed by atoms with Gasteiger partial charge in [-0.25, -0.2) is 13.9 Å². The SMILES string of the molecule is COc1ccccc1-n1ncc(C(=O)N2CCC[C@@]3(C2)OC(=O)Nc2ccc(Cl)c(F)c23)c1N. The molecular formula is C23H21ClFN5O4. The summed E-state index contributed by atoms with van der Waals surface area (Å²) in [6, 6.07) is 10.0. The lowest BCUT2D eigenvalue weighted by atomic mass is 9.83. The summed E-state index contributed by atoms with van der Waals surface area (Å²) in [7, 11) is 1.53. The number of amides is 2. The average molecular weight is 486 g/mol. The number of ether oxygens (including phenoxy) is 2. The van der Waals surface area contributed by atoms with Gasteiger partial charge in [-0.05, 0) is 37.1 Å². The number of fused-ring (bicyclic) bond motifs is 2. The largest absolute Gasteiger partial charge is 0.494 e. The Morgan fingerprint density at radius 2 is 2.12 bits per heavy atom. The Balaban J connectivity index is 1.50. The number of anilines is 2. The minimum Gasteiger partial charge on any atom is -0.494 e. The van der Waals surface area contributed by atoms with Gasteiger partial charge in [-0.1, -0.05) is 23.7 Å². The monoisotopic (exact) mass is 485 g/mol. The lowest BCUT2D eigenvalue weighted by Crippen LogP contribution is -2.53. The average Bonchev–Trinajstić information content (AvgIpc) is 3.21. The van der Waals surface area contributed by atoms with Crippen LogP contribution in [0.2, 0.25) is 5.02 Å². The molecule has 1 spiro atoms. The lowest BCUT2D eigenvalue weighted by molar-refractivity contribution is -0.0418. The molecule has 0 aliphatic carbocycles. The molecule has 1 saturated heterocycles. The Morgan fingerprint density at radius 1 is 1.32 bits per heavy atom. The van der Waals surface area contributed by atoms with Gasteiger partial charge in [-0.15, -0.1) is 0 Å². The van der Waals surface area contributed by atoms with Gasteiger partial charge in [0.1, 0.15) is 22.8 Å². The number of hydrogen-bond acceptors (Lipinski definition) is 6. The Morgan fingerprint density at radius 3 is 2.91 bits per heavy atom. The number of nitrogens with one attached hydrogen (secondary N) is 1. The summed E-state index contributed by atoms with van der Waals surface area (Å²) in [5, 5.41) is 6.69. The maximum Gasteiger partial charge on any atom is 0.412 e. The summed E-state index contributed by atoms with van der Waals surface area (Å²) in [4.78, 5) is 27.2. The molecule has 2 aromatic carbocycles. The van der Waals surface area contributed by atoms with E-state index in [2.05, 4.69) is 10.4 Å². The van der Waals surface area contributed by atoms with Crippen LogP contribution in [0.1, 0.15) is 28.8 Å². The molecule has 1 fully saturated rings. The van der Waals surface area contributed by atoms with E-state index in [-0.39, 0.29) is 34.2 Å². The van der Waals surface area contributed by atoms with Crippen molar-refractivity contribution in [2.45, 2.75) is 18.4 Å². The normalized spacial score (nSPS) is 19.4. The fraction of sp³-hybridized carbons (Fsp3) is 0.261. The van der Waals surface area contributed by atoms with E-state index in [0.29, 0.717) is 30.8 Å². The van der Waals surface area contributed by atoms with Crippen molar-refractivity contribution in [3.8, 4) is 11.4 Å². The Labute approximate surface area is 199 Å². The summed E-state index contributed by atoms with van der Waals surface area (Å²) < 4.78 is 27.5. The van der Waals surface area contributed by atoms with E-state index in [1.807, 2.05) is 6.07 Å². The van der Waals surface area contributed by atoms with Crippen molar-refractivity contribution in [2.24, 2.45) is 0 Å². The number of nitrogens with zero attached hydrogens (tertiary/aromatic N) is 3. The molecule has 0 bridgehead atoms. The predicted molar refractivity (Wildman–Crippen MR) is 123 cm³/mol. The van der Waals surface area contributed by atoms with Gasteiger partial charge in [0.15, 0.2) is 11.4 Å². The summed E-state index contributed by atoms with van der Waals surface area (Å²) in [6.07, 6.45) is 1.48. The number of benzene rings is 2. The standard InChI is InChI=1S/C23H21ClFN5O4/c1-33-17-6-3-2-5-16(17)30-20(26)13(11-27-30)21(31)29-10-4-9-23(12-29)18-15(28-22(32)34-23)8-7-14(24)19(18)25/h2-3,5-8,11H,4,9-10,12,26H2,1H3,(H,28,32)/t23-/m0/s1. The van der Waals surface area contributed by atoms with E-state index in [1.165, 1.54) is 35.0 Å². The summed E-state index contributed by atoms with van der Waals surface area (Å²) in [5.74, 6) is -0.418. The highest BCUT2D eigenvalue weighted by Gasteiger charge is 2.48. The molecule has 3 N–H and O–H groups in total. The van der Waals surface area contributed by atoms with Crippen LogP contribution in [-0.4, -0.2) is 46.9 Å². The van der Waals surface area contributed by atoms with Crippen molar-refractivity contribution in [1.29, 1.82) is 0 Å². The van der Waals surface area contributed by atoms with Crippen molar-refractivity contribution in [2.75, 3.05) is 31.2 Å². The second-order valence-corrected chi connectivity index (χ2v) is 8.56. The maximum atomic E-state index is 15.1. The molecule has 0 unspecified atom stereocenters. The molecule has 2 amide bonds. The van der Waals surface area contributed by atoms with Crippen molar-refractivity contribution >= 4 is 35.1 Å². The topological polar surface area (TPSA) is 112 Å². The molecule has 2 aliphatic heterocycles. The molecule has 11 heteroatoms. The molecule has 1 atom stereocenters. The van der Waals surface area contributed by atoms with E-state index in [9.17, 15) is 9.59 Å². The van der Waals surface area contributed by atoms with Crippen LogP contribution in [0, 0.1) is 5.82 Å². The van der Waals surface area contributed by atoms with Gasteiger partial charge in [-0.2, -0.15) is 5.10 Å². The molecule has 9 nitrogen and oxygen atoms in total. The smallest absolute Gasteiger partial charge is 0.412 e. The van der Waals surface area contributed by atoms with Crippen LogP contribution in [0.25, 0.3) is 5.69 Å². The van der Waals surface area contributed by atoms with Crippen LogP contribution in [0.4, 0.5) is 20.7 Å². The molecule has 176 valence electrons. The minimum atomic E-state index is -1.37. The second-order valence-electron chi connectivity index (χ2n) is 8.15. The van der Waals surface area contributed by atoms with Crippen LogP contribution in [0.5, 0.6) is 5.75 Å². The number of piperidine rings is 1. The highest BCUT2D eigenvalue weighted by molar-refractivity contribution is 6.31. The summed E-state index contributed by atoms with van der Waals surface area (Å²) >= 11 is 6.02. The quantitative estimate of drug-likeness (QED) is 0.581. The van der Waals surface area contributed by atoms with Gasteiger partial charge in [0.2, 0.25) is 0 Å². The van der Waals surface area contributed by atoms with Gasteiger partial charge in [-0.3, -0.25) is 10.1 Å². The van der Waals surface area contributed by atoms with E-state index in [4.69, 9.17) is 26.8 Å². The third kappa shape index (κ3) is 3.41. The molecule has 0 saturated carbocycles. The zero-order valence-electron chi connectivity index (χ0n) is 18.2. The van der Waals surface area contributed by atoms with E-state index in [0.717, 1.165) is 0 Å². The number of likely N-dealkylation sites (tertiary alicyclic amines) is 1. The first-order valence-corrected chi connectivity index (χ1v) is 11.0. The van der Waals surface area contributed by atoms with Crippen LogP contribution in [-0.2, 0) is 10.3 Å². The maximum absolute atomic E-state index is 15.1. The van der Waals surface area contributed by atoms with Crippen molar-refractivity contribution in [3.63, 3.8) is 0 Å². The number of hydrogen-bond donors (Lipinski definition) is 2. The number of para-hydroxylation sites is 2. The van der Waals surface area contributed by atoms with Gasteiger partial charge < -0.3 is 20.1 Å². The number of nitrogen functional groups attached to an aromatic ring is 1. The van der Waals surface area contributed by atoms with Gasteiger partial charge in [0, 0.05) is 6.54 Å². The van der Waals surface area contributed by atoms with Crippen LogP contribution in [0.15, 0.2) is 42.6 Å². The molecule has 3 aromatic rings. The first kappa shape index (κ1) is 22.0. The lowest BCUT2D eigenvalue weighted by Gasteiger charge is -2.45. The number of halogens is 2. The van der Waals surface area contributed by atoms with E-state index < -0.39 is 23.4 Å². The Bertz CT molecular complexity index is 1310. The van der Waals surface area contributed by atoms with Crippen molar-refractivity contribution < 1.29 is 23.5 Å². The number of rotatable bonds is 3. The minimum absolute atomic E-state index is 0.0528. The third-order valence-corrected chi connectivity index (χ3v) is 6.46. The van der Waals surface area contributed by atoms with Gasteiger partial charge in [0.25, 0.3) is 5.91 Å². The summed E-state index contributed by atoms with van der Waals surface area (Å²) in [6.45, 7) is 0.325. The molecule has 2 aliphatic rings. The molecule has 1 aromatic heterocycles. The second kappa shape index (κ2) is 8.21. The number of carbonyl (C=O) groups excluding carboxylic acids is 2. The molecular weight excluding hydrogens is 465 g/mol. The zero-order valence-corrected chi connectivity index (χ0v) is 18.9. The Kier molecular flexibility index (Phi) is 5.32. The number of aromatic nitrogens is 2. The number of carbonyl (C=O) groups is 2. The van der Waals surface area contributed by atoms with Gasteiger partial charge >= 0.3 is 6.09 Å². The van der Waals surface area contributed by atoms with E-state index in [1.54, 1.807) is 18.2 Å². The molecule has 3 heterocycles. The predicted octanol–water partition coefficient (Wildman–Crippen LogP) is 3.95. The van der Waals surface area contributed by atoms with Crippen molar-refractivity contribution in [1.82, 2.24) is 14.7 Å². The first-order chi connectivity index (χ1) is 16.3. The Hall–Kier alpha value is -3.79. The fourth-order valence-corrected chi connectivity index (χ4v) is 4.79. The molecule has 5 rings (SSSR count). The number of nitrogens with two attached hydrogens (primary N) is 1. The van der Waals surface area contributed by atoms with Crippen LogP contribution < -0.4 is 15.8 Å².